The molecule has 8 heteroatoms. The van der Waals surface area contributed by atoms with Crippen molar-refractivity contribution in [3.63, 3.8) is 0 Å². The van der Waals surface area contributed by atoms with Crippen molar-refractivity contribution in [2.45, 2.75) is 31.2 Å². The molecular weight excluding hydrogens is 301 g/mol. The molecular formula is C7H8BrF3O3S. The van der Waals surface area contributed by atoms with Crippen molar-refractivity contribution in [1.29, 1.82) is 0 Å². The molecule has 0 saturated heterocycles. The Balaban J connectivity index is 2.87. The molecule has 0 heterocycles. The molecule has 1 aliphatic carbocycles. The van der Waals surface area contributed by atoms with Gasteiger partial charge in [0.25, 0.3) is 0 Å². The van der Waals surface area contributed by atoms with Gasteiger partial charge in [-0.2, -0.15) is 21.6 Å². The van der Waals surface area contributed by atoms with Gasteiger partial charge in [-0.3, -0.25) is 0 Å². The van der Waals surface area contributed by atoms with E-state index in [1.807, 2.05) is 0 Å². The third kappa shape index (κ3) is 3.10. The quantitative estimate of drug-likeness (QED) is 0.582. The van der Waals surface area contributed by atoms with Crippen LogP contribution < -0.4 is 0 Å². The van der Waals surface area contributed by atoms with Crippen molar-refractivity contribution >= 4 is 26.0 Å². The molecule has 1 rings (SSSR count). The Bertz CT molecular complexity index is 371. The van der Waals surface area contributed by atoms with Crippen LogP contribution in [0.25, 0.3) is 0 Å². The minimum atomic E-state index is -5.52. The second-order valence-electron chi connectivity index (χ2n) is 3.02. The molecule has 0 unspecified atom stereocenters. The summed E-state index contributed by atoms with van der Waals surface area (Å²) in [5.41, 5.74) is -5.37. The van der Waals surface area contributed by atoms with Crippen LogP contribution in [0.2, 0.25) is 0 Å². The van der Waals surface area contributed by atoms with E-state index in [0.717, 1.165) is 6.42 Å². The number of rotatable bonds is 2. The fourth-order valence-electron chi connectivity index (χ4n) is 1.11. The predicted molar refractivity (Wildman–Crippen MR) is 50.5 cm³/mol. The van der Waals surface area contributed by atoms with Gasteiger partial charge >= 0.3 is 15.6 Å². The molecule has 0 aliphatic heterocycles. The average Bonchev–Trinajstić information content (AvgIpc) is 2.06. The van der Waals surface area contributed by atoms with Gasteiger partial charge in [-0.1, -0.05) is 15.9 Å². The monoisotopic (exact) mass is 308 g/mol. The fraction of sp³-hybridized carbons (Fsp3) is 0.714. The van der Waals surface area contributed by atoms with E-state index in [1.165, 1.54) is 0 Å². The molecule has 0 bridgehead atoms. The van der Waals surface area contributed by atoms with Gasteiger partial charge in [-0.25, -0.2) is 0 Å². The Morgan fingerprint density at radius 3 is 2.20 bits per heavy atom. The van der Waals surface area contributed by atoms with E-state index in [0.29, 0.717) is 17.3 Å². The molecule has 1 aliphatic rings. The summed E-state index contributed by atoms with van der Waals surface area (Å²) in [7, 11) is -5.52. The first-order valence-corrected chi connectivity index (χ1v) is 6.32. The molecule has 0 N–H and O–H groups in total. The van der Waals surface area contributed by atoms with E-state index in [-0.39, 0.29) is 12.2 Å². The third-order valence-electron chi connectivity index (χ3n) is 1.85. The van der Waals surface area contributed by atoms with E-state index in [9.17, 15) is 21.6 Å². The Labute approximate surface area is 93.5 Å². The van der Waals surface area contributed by atoms with Crippen LogP contribution in [-0.4, -0.2) is 13.9 Å². The molecule has 0 aromatic rings. The van der Waals surface area contributed by atoms with E-state index in [1.54, 1.807) is 0 Å². The van der Waals surface area contributed by atoms with Crippen LogP contribution in [0, 0.1) is 0 Å². The van der Waals surface area contributed by atoms with Crippen LogP contribution in [-0.2, 0) is 14.3 Å². The van der Waals surface area contributed by atoms with Crippen LogP contribution in [0.3, 0.4) is 0 Å². The number of hydrogen-bond donors (Lipinski definition) is 0. The van der Waals surface area contributed by atoms with Gasteiger partial charge < -0.3 is 4.18 Å². The van der Waals surface area contributed by atoms with E-state index in [4.69, 9.17) is 0 Å². The van der Waals surface area contributed by atoms with Gasteiger partial charge in [0.05, 0.1) is 0 Å². The van der Waals surface area contributed by atoms with Crippen molar-refractivity contribution in [3.05, 3.63) is 10.2 Å². The lowest BCUT2D eigenvalue weighted by molar-refractivity contribution is -0.0524. The lowest BCUT2D eigenvalue weighted by atomic mass is 10.1. The zero-order chi connectivity index (χ0) is 11.7. The highest BCUT2D eigenvalue weighted by Crippen LogP contribution is 2.34. The summed E-state index contributed by atoms with van der Waals surface area (Å²) >= 11 is 3.00. The predicted octanol–water partition coefficient (Wildman–Crippen LogP) is 3.03. The zero-order valence-electron chi connectivity index (χ0n) is 7.47. The summed E-state index contributed by atoms with van der Waals surface area (Å²) in [5.74, 6) is -0.140. The van der Waals surface area contributed by atoms with Gasteiger partial charge in [0.1, 0.15) is 5.76 Å². The molecule has 0 fully saturated rings. The molecule has 0 spiro atoms. The maximum absolute atomic E-state index is 12.0. The van der Waals surface area contributed by atoms with Gasteiger partial charge in [0.2, 0.25) is 0 Å². The second-order valence-corrected chi connectivity index (χ2v) is 5.51. The summed E-state index contributed by atoms with van der Waals surface area (Å²) in [4.78, 5) is 0. The lowest BCUT2D eigenvalue weighted by Crippen LogP contribution is -2.25. The van der Waals surface area contributed by atoms with Gasteiger partial charge in [0, 0.05) is 10.9 Å². The van der Waals surface area contributed by atoms with Crippen molar-refractivity contribution in [2.75, 3.05) is 0 Å². The lowest BCUT2D eigenvalue weighted by Gasteiger charge is -2.17. The number of alkyl halides is 3. The first kappa shape index (κ1) is 12.8. The Morgan fingerprint density at radius 1 is 1.20 bits per heavy atom. The highest BCUT2D eigenvalue weighted by molar-refractivity contribution is 9.11. The van der Waals surface area contributed by atoms with E-state index in [2.05, 4.69) is 20.1 Å². The van der Waals surface area contributed by atoms with E-state index >= 15 is 0 Å². The van der Waals surface area contributed by atoms with Gasteiger partial charge in [-0.05, 0) is 19.3 Å². The highest BCUT2D eigenvalue weighted by Gasteiger charge is 2.49. The van der Waals surface area contributed by atoms with Gasteiger partial charge in [-0.15, -0.1) is 0 Å². The SMILES string of the molecule is O=S(=O)(OC1=C(Br)CCCC1)C(F)(F)F. The Morgan fingerprint density at radius 2 is 1.73 bits per heavy atom. The molecule has 15 heavy (non-hydrogen) atoms. The van der Waals surface area contributed by atoms with Crippen LogP contribution in [0.4, 0.5) is 13.2 Å². The van der Waals surface area contributed by atoms with Gasteiger partial charge in [0.15, 0.2) is 0 Å². The maximum Gasteiger partial charge on any atom is 0.534 e. The first-order valence-electron chi connectivity index (χ1n) is 4.12. The van der Waals surface area contributed by atoms with Crippen molar-refractivity contribution in [3.8, 4) is 0 Å². The summed E-state index contributed by atoms with van der Waals surface area (Å²) in [6, 6.07) is 0. The Kier molecular flexibility index (Phi) is 3.70. The summed E-state index contributed by atoms with van der Waals surface area (Å²) < 4.78 is 61.6. The molecule has 0 amide bonds. The van der Waals surface area contributed by atoms with Crippen LogP contribution >= 0.6 is 15.9 Å². The molecule has 0 radical (unpaired) electrons. The number of hydrogen-bond acceptors (Lipinski definition) is 3. The topological polar surface area (TPSA) is 43.4 Å². The van der Waals surface area contributed by atoms with Crippen molar-refractivity contribution < 1.29 is 25.8 Å². The summed E-state index contributed by atoms with van der Waals surface area (Å²) in [6.07, 6.45) is 2.13. The minimum Gasteiger partial charge on any atom is -0.380 e. The average molecular weight is 309 g/mol. The van der Waals surface area contributed by atoms with Crippen LogP contribution in [0.1, 0.15) is 25.7 Å². The van der Waals surface area contributed by atoms with Crippen molar-refractivity contribution in [2.24, 2.45) is 0 Å². The van der Waals surface area contributed by atoms with Crippen LogP contribution in [0.5, 0.6) is 0 Å². The zero-order valence-corrected chi connectivity index (χ0v) is 9.88. The maximum atomic E-state index is 12.0. The Hall–Kier alpha value is -0.240. The molecule has 0 aromatic carbocycles. The highest BCUT2D eigenvalue weighted by atomic mass is 79.9. The second kappa shape index (κ2) is 4.32. The molecule has 0 atom stereocenters. The molecule has 88 valence electrons. The first-order chi connectivity index (χ1) is 6.74. The fourth-order valence-corrected chi connectivity index (χ4v) is 2.32. The third-order valence-corrected chi connectivity index (χ3v) is 3.67. The van der Waals surface area contributed by atoms with E-state index < -0.39 is 15.6 Å². The van der Waals surface area contributed by atoms with Crippen molar-refractivity contribution in [1.82, 2.24) is 0 Å². The minimum absolute atomic E-state index is 0.140. The number of allylic oxidation sites excluding steroid dienone is 2. The summed E-state index contributed by atoms with van der Waals surface area (Å²) in [6.45, 7) is 0. The number of halogens is 4. The largest absolute Gasteiger partial charge is 0.534 e. The molecule has 3 nitrogen and oxygen atoms in total. The van der Waals surface area contributed by atoms with Crippen LogP contribution in [0.15, 0.2) is 10.2 Å². The summed E-state index contributed by atoms with van der Waals surface area (Å²) in [5, 5.41) is 0. The molecule has 0 saturated carbocycles. The molecule has 0 aromatic heterocycles. The standard InChI is InChI=1S/C7H8BrF3O3S/c8-5-3-1-2-4-6(5)14-15(12,13)7(9,10)11/h1-4H2. The normalized spacial score (nSPS) is 19.2. The smallest absolute Gasteiger partial charge is 0.380 e.